The van der Waals surface area contributed by atoms with E-state index in [4.69, 9.17) is 0 Å². The van der Waals surface area contributed by atoms with Crippen molar-refractivity contribution < 1.29 is 5.11 Å². The van der Waals surface area contributed by atoms with Crippen molar-refractivity contribution in [2.24, 2.45) is 5.41 Å². The van der Waals surface area contributed by atoms with Crippen LogP contribution < -0.4 is 0 Å². The number of rotatable bonds is 4. The quantitative estimate of drug-likeness (QED) is 0.900. The first kappa shape index (κ1) is 14.5. The Morgan fingerprint density at radius 3 is 2.47 bits per heavy atom. The van der Waals surface area contributed by atoms with E-state index in [9.17, 15) is 5.11 Å². The smallest absolute Gasteiger partial charge is 0.0618 e. The number of aliphatic hydroxyl groups excluding tert-OH is 1. The molecule has 0 amide bonds. The van der Waals surface area contributed by atoms with Crippen LogP contribution in [-0.2, 0) is 6.42 Å². The highest BCUT2D eigenvalue weighted by atomic mass is 16.3. The second-order valence-electron chi connectivity index (χ2n) is 7.13. The van der Waals surface area contributed by atoms with Gasteiger partial charge in [0.05, 0.1) is 6.61 Å². The van der Waals surface area contributed by atoms with Crippen molar-refractivity contribution in [2.75, 3.05) is 19.7 Å². The van der Waals surface area contributed by atoms with Gasteiger partial charge < -0.3 is 5.11 Å². The average Bonchev–Trinajstić information content (AvgIpc) is 2.72. The van der Waals surface area contributed by atoms with Gasteiger partial charge in [0.1, 0.15) is 0 Å². The number of benzene rings is 1. The van der Waals surface area contributed by atoms with E-state index in [1.807, 2.05) is 0 Å². The van der Waals surface area contributed by atoms with Gasteiger partial charge >= 0.3 is 0 Å². The third-order valence-corrected chi connectivity index (χ3v) is 4.08. The number of hydrogen-bond acceptors (Lipinski definition) is 2. The Labute approximate surface area is 117 Å². The number of nitrogens with zero attached hydrogens (tertiary/aromatic N) is 1. The number of aliphatic hydroxyl groups is 1. The van der Waals surface area contributed by atoms with Gasteiger partial charge in [-0.3, -0.25) is 4.90 Å². The maximum Gasteiger partial charge on any atom is 0.0618 e. The summed E-state index contributed by atoms with van der Waals surface area (Å²) in [6, 6.07) is 10.6. The summed E-state index contributed by atoms with van der Waals surface area (Å²) >= 11 is 0. The summed E-state index contributed by atoms with van der Waals surface area (Å²) in [5.74, 6) is 0. The van der Waals surface area contributed by atoms with Crippen molar-refractivity contribution in [1.29, 1.82) is 0 Å². The zero-order chi connectivity index (χ0) is 13.9. The first-order chi connectivity index (χ1) is 8.95. The standard InChI is InChI=1S/C17H27NO/c1-16(2,3)13-18-11-7-10-17(18,14-19)12-15-8-5-4-6-9-15/h4-6,8-9,19H,7,10-14H2,1-3H3/t17-/m1/s1. The Hall–Kier alpha value is -0.860. The summed E-state index contributed by atoms with van der Waals surface area (Å²) in [4.78, 5) is 2.51. The molecule has 1 aromatic rings. The number of likely N-dealkylation sites (tertiary alicyclic amines) is 1. The molecule has 1 N–H and O–H groups in total. The van der Waals surface area contributed by atoms with Gasteiger partial charge in [-0.05, 0) is 36.8 Å². The summed E-state index contributed by atoms with van der Waals surface area (Å²) < 4.78 is 0. The lowest BCUT2D eigenvalue weighted by Crippen LogP contribution is -2.51. The zero-order valence-corrected chi connectivity index (χ0v) is 12.5. The molecule has 0 saturated carbocycles. The van der Waals surface area contributed by atoms with Crippen LogP contribution in [0.4, 0.5) is 0 Å². The molecule has 0 aliphatic carbocycles. The molecule has 0 spiro atoms. The fourth-order valence-corrected chi connectivity index (χ4v) is 3.22. The fourth-order valence-electron chi connectivity index (χ4n) is 3.22. The molecule has 19 heavy (non-hydrogen) atoms. The SMILES string of the molecule is CC(C)(C)CN1CCC[C@]1(CO)Cc1ccccc1. The van der Waals surface area contributed by atoms with Crippen LogP contribution in [-0.4, -0.2) is 35.2 Å². The van der Waals surface area contributed by atoms with E-state index in [-0.39, 0.29) is 17.6 Å². The van der Waals surface area contributed by atoms with Crippen molar-refractivity contribution in [3.8, 4) is 0 Å². The van der Waals surface area contributed by atoms with E-state index in [1.165, 1.54) is 12.0 Å². The largest absolute Gasteiger partial charge is 0.394 e. The third kappa shape index (κ3) is 3.58. The molecule has 1 atom stereocenters. The molecule has 2 nitrogen and oxygen atoms in total. The minimum atomic E-state index is -0.0470. The van der Waals surface area contributed by atoms with Crippen molar-refractivity contribution in [1.82, 2.24) is 4.90 Å². The summed E-state index contributed by atoms with van der Waals surface area (Å²) in [7, 11) is 0. The van der Waals surface area contributed by atoms with E-state index < -0.39 is 0 Å². The van der Waals surface area contributed by atoms with Crippen molar-refractivity contribution in [3.05, 3.63) is 35.9 Å². The second-order valence-corrected chi connectivity index (χ2v) is 7.13. The Balaban J connectivity index is 2.16. The minimum absolute atomic E-state index is 0.0470. The molecule has 1 saturated heterocycles. The van der Waals surface area contributed by atoms with Gasteiger partial charge in [0.25, 0.3) is 0 Å². The summed E-state index contributed by atoms with van der Waals surface area (Å²) in [5, 5.41) is 10.0. The van der Waals surface area contributed by atoms with Crippen LogP contribution >= 0.6 is 0 Å². The molecular formula is C17H27NO. The van der Waals surface area contributed by atoms with Crippen molar-refractivity contribution in [2.45, 2.75) is 45.6 Å². The van der Waals surface area contributed by atoms with Crippen LogP contribution in [0.3, 0.4) is 0 Å². The second kappa shape index (κ2) is 5.64. The summed E-state index contributed by atoms with van der Waals surface area (Å²) in [6.07, 6.45) is 3.26. The lowest BCUT2D eigenvalue weighted by atomic mass is 9.86. The molecule has 1 aromatic carbocycles. The molecule has 1 aliphatic rings. The topological polar surface area (TPSA) is 23.5 Å². The van der Waals surface area contributed by atoms with Crippen LogP contribution in [0.15, 0.2) is 30.3 Å². The third-order valence-electron chi connectivity index (χ3n) is 4.08. The first-order valence-corrected chi connectivity index (χ1v) is 7.35. The van der Waals surface area contributed by atoms with Crippen LogP contribution in [0.2, 0.25) is 0 Å². The molecule has 2 rings (SSSR count). The van der Waals surface area contributed by atoms with Crippen LogP contribution in [0, 0.1) is 5.41 Å². The van der Waals surface area contributed by atoms with E-state index >= 15 is 0 Å². The predicted molar refractivity (Wildman–Crippen MR) is 80.2 cm³/mol. The molecule has 0 unspecified atom stereocenters. The average molecular weight is 261 g/mol. The van der Waals surface area contributed by atoms with Crippen LogP contribution in [0.5, 0.6) is 0 Å². The van der Waals surface area contributed by atoms with Gasteiger partial charge in [-0.2, -0.15) is 0 Å². The van der Waals surface area contributed by atoms with Gasteiger partial charge in [-0.15, -0.1) is 0 Å². The van der Waals surface area contributed by atoms with Gasteiger partial charge in [-0.1, -0.05) is 51.1 Å². The van der Waals surface area contributed by atoms with Crippen LogP contribution in [0.1, 0.15) is 39.2 Å². The van der Waals surface area contributed by atoms with Gasteiger partial charge in [0.2, 0.25) is 0 Å². The normalized spacial score (nSPS) is 24.8. The van der Waals surface area contributed by atoms with E-state index in [0.717, 1.165) is 25.9 Å². The Morgan fingerprint density at radius 2 is 1.89 bits per heavy atom. The van der Waals surface area contributed by atoms with E-state index in [0.29, 0.717) is 0 Å². The Bertz CT molecular complexity index is 395. The van der Waals surface area contributed by atoms with Gasteiger partial charge in [0.15, 0.2) is 0 Å². The molecular weight excluding hydrogens is 234 g/mol. The van der Waals surface area contributed by atoms with Gasteiger partial charge in [-0.25, -0.2) is 0 Å². The maximum atomic E-state index is 10.0. The van der Waals surface area contributed by atoms with Crippen LogP contribution in [0.25, 0.3) is 0 Å². The molecule has 2 heteroatoms. The monoisotopic (exact) mass is 261 g/mol. The fraction of sp³-hybridized carbons (Fsp3) is 0.647. The molecule has 106 valence electrons. The summed E-state index contributed by atoms with van der Waals surface area (Å²) in [6.45, 7) is 9.25. The molecule has 0 bridgehead atoms. The molecule has 1 aliphatic heterocycles. The zero-order valence-electron chi connectivity index (χ0n) is 12.5. The predicted octanol–water partition coefficient (Wildman–Crippen LogP) is 3.10. The lowest BCUT2D eigenvalue weighted by Gasteiger charge is -2.40. The number of hydrogen-bond donors (Lipinski definition) is 1. The van der Waals surface area contributed by atoms with Crippen molar-refractivity contribution in [3.63, 3.8) is 0 Å². The summed E-state index contributed by atoms with van der Waals surface area (Å²) in [5.41, 5.74) is 1.56. The van der Waals surface area contributed by atoms with E-state index in [2.05, 4.69) is 56.0 Å². The Morgan fingerprint density at radius 1 is 1.21 bits per heavy atom. The molecule has 1 heterocycles. The van der Waals surface area contributed by atoms with Crippen molar-refractivity contribution >= 4 is 0 Å². The molecule has 0 aromatic heterocycles. The molecule has 0 radical (unpaired) electrons. The first-order valence-electron chi connectivity index (χ1n) is 7.35. The molecule has 1 fully saturated rings. The highest BCUT2D eigenvalue weighted by Crippen LogP contribution is 2.34. The van der Waals surface area contributed by atoms with E-state index in [1.54, 1.807) is 0 Å². The highest BCUT2D eigenvalue weighted by Gasteiger charge is 2.41. The maximum absolute atomic E-state index is 10.0. The van der Waals surface area contributed by atoms with Gasteiger partial charge in [0, 0.05) is 12.1 Å². The highest BCUT2D eigenvalue weighted by molar-refractivity contribution is 5.19. The Kier molecular flexibility index (Phi) is 4.32. The lowest BCUT2D eigenvalue weighted by molar-refractivity contribution is 0.0407. The minimum Gasteiger partial charge on any atom is -0.394 e.